The highest BCUT2D eigenvalue weighted by atomic mass is 16.5. The molecule has 0 fully saturated rings. The number of hydrogen-bond donors (Lipinski definition) is 1. The van der Waals surface area contributed by atoms with Crippen molar-refractivity contribution in [3.8, 4) is 11.8 Å². The van der Waals surface area contributed by atoms with Gasteiger partial charge in [-0.05, 0) is 24.5 Å². The van der Waals surface area contributed by atoms with Crippen molar-refractivity contribution in [1.82, 2.24) is 5.32 Å². The van der Waals surface area contributed by atoms with Gasteiger partial charge in [-0.1, -0.05) is 43.9 Å². The number of rotatable bonds is 7. The number of nitrogens with one attached hydrogen (secondary N) is 1. The van der Waals surface area contributed by atoms with Gasteiger partial charge in [-0.15, -0.1) is 0 Å². The molecule has 1 aromatic carbocycles. The van der Waals surface area contributed by atoms with Crippen molar-refractivity contribution >= 4 is 0 Å². The summed E-state index contributed by atoms with van der Waals surface area (Å²) in [4.78, 5) is 0. The summed E-state index contributed by atoms with van der Waals surface area (Å²) in [6, 6.07) is 10.0. The highest BCUT2D eigenvalue weighted by molar-refractivity contribution is 5.33. The summed E-state index contributed by atoms with van der Waals surface area (Å²) in [6.07, 6.45) is 1.13. The fourth-order valence-corrected chi connectivity index (χ4v) is 1.38. The summed E-state index contributed by atoms with van der Waals surface area (Å²) in [6.45, 7) is 7.61. The molecule has 0 aliphatic rings. The molecule has 0 aromatic heterocycles. The van der Waals surface area contributed by atoms with E-state index in [1.54, 1.807) is 0 Å². The van der Waals surface area contributed by atoms with Gasteiger partial charge < -0.3 is 10.1 Å². The molecule has 1 aromatic rings. The SMILES string of the molecule is CC(C)CCOCCNCC#Cc1ccccc1. The van der Waals surface area contributed by atoms with Gasteiger partial charge in [-0.2, -0.15) is 0 Å². The van der Waals surface area contributed by atoms with Gasteiger partial charge in [-0.3, -0.25) is 0 Å². The van der Waals surface area contributed by atoms with Crippen molar-refractivity contribution in [3.63, 3.8) is 0 Å². The molecule has 18 heavy (non-hydrogen) atoms. The van der Waals surface area contributed by atoms with Gasteiger partial charge in [0.05, 0.1) is 13.2 Å². The zero-order valence-electron chi connectivity index (χ0n) is 11.4. The van der Waals surface area contributed by atoms with E-state index in [9.17, 15) is 0 Å². The monoisotopic (exact) mass is 245 g/mol. The Balaban J connectivity index is 1.98. The van der Waals surface area contributed by atoms with Gasteiger partial charge in [-0.25, -0.2) is 0 Å². The highest BCUT2D eigenvalue weighted by Gasteiger charge is 1.93. The first-order chi connectivity index (χ1) is 8.79. The second-order valence-corrected chi connectivity index (χ2v) is 4.64. The molecule has 0 radical (unpaired) electrons. The van der Waals surface area contributed by atoms with E-state index in [1.165, 1.54) is 0 Å². The van der Waals surface area contributed by atoms with E-state index in [4.69, 9.17) is 4.74 Å². The molecule has 0 heterocycles. The molecule has 1 rings (SSSR count). The number of ether oxygens (including phenoxy) is 1. The minimum Gasteiger partial charge on any atom is -0.380 e. The van der Waals surface area contributed by atoms with Crippen molar-refractivity contribution in [1.29, 1.82) is 0 Å². The molecule has 0 aliphatic heterocycles. The van der Waals surface area contributed by atoms with Crippen LogP contribution in [0.5, 0.6) is 0 Å². The smallest absolute Gasteiger partial charge is 0.0591 e. The van der Waals surface area contributed by atoms with Crippen LogP contribution in [-0.4, -0.2) is 26.3 Å². The summed E-state index contributed by atoms with van der Waals surface area (Å²) >= 11 is 0. The molecule has 2 nitrogen and oxygen atoms in total. The molecular formula is C16H23NO. The molecule has 0 atom stereocenters. The van der Waals surface area contributed by atoms with Crippen molar-refractivity contribution in [2.45, 2.75) is 20.3 Å². The first-order valence-electron chi connectivity index (χ1n) is 6.61. The summed E-state index contributed by atoms with van der Waals surface area (Å²) in [5.74, 6) is 6.92. The summed E-state index contributed by atoms with van der Waals surface area (Å²) in [5, 5.41) is 3.25. The van der Waals surface area contributed by atoms with Gasteiger partial charge in [0.15, 0.2) is 0 Å². The summed E-state index contributed by atoms with van der Waals surface area (Å²) in [5.41, 5.74) is 1.06. The zero-order valence-corrected chi connectivity index (χ0v) is 11.4. The molecule has 0 amide bonds. The summed E-state index contributed by atoms with van der Waals surface area (Å²) in [7, 11) is 0. The Hall–Kier alpha value is -1.30. The lowest BCUT2D eigenvalue weighted by molar-refractivity contribution is 0.126. The van der Waals surface area contributed by atoms with Crippen LogP contribution < -0.4 is 5.32 Å². The van der Waals surface area contributed by atoms with E-state index in [0.717, 1.165) is 37.7 Å². The topological polar surface area (TPSA) is 21.3 Å². The molecule has 0 aliphatic carbocycles. The third kappa shape index (κ3) is 7.89. The lowest BCUT2D eigenvalue weighted by Gasteiger charge is -2.06. The average molecular weight is 245 g/mol. The molecule has 0 saturated carbocycles. The third-order valence-corrected chi connectivity index (χ3v) is 2.48. The Morgan fingerprint density at radius 3 is 2.67 bits per heavy atom. The Bertz CT molecular complexity index is 362. The third-order valence-electron chi connectivity index (χ3n) is 2.48. The maximum absolute atomic E-state index is 5.50. The van der Waals surface area contributed by atoms with Gasteiger partial charge in [0, 0.05) is 18.7 Å². The van der Waals surface area contributed by atoms with E-state index in [0.29, 0.717) is 6.54 Å². The molecular weight excluding hydrogens is 222 g/mol. The second-order valence-electron chi connectivity index (χ2n) is 4.64. The second kappa shape index (κ2) is 9.70. The van der Waals surface area contributed by atoms with Gasteiger partial charge >= 0.3 is 0 Å². The number of hydrogen-bond acceptors (Lipinski definition) is 2. The quantitative estimate of drug-likeness (QED) is 0.589. The fraction of sp³-hybridized carbons (Fsp3) is 0.500. The Morgan fingerprint density at radius 2 is 1.94 bits per heavy atom. The van der Waals surface area contributed by atoms with Crippen LogP contribution in [0.4, 0.5) is 0 Å². The first kappa shape index (κ1) is 14.8. The lowest BCUT2D eigenvalue weighted by atomic mass is 10.1. The highest BCUT2D eigenvalue weighted by Crippen LogP contribution is 1.98. The van der Waals surface area contributed by atoms with Gasteiger partial charge in [0.25, 0.3) is 0 Å². The number of benzene rings is 1. The molecule has 0 saturated heterocycles. The van der Waals surface area contributed by atoms with Crippen molar-refractivity contribution in [3.05, 3.63) is 35.9 Å². The molecule has 0 spiro atoms. The van der Waals surface area contributed by atoms with Crippen LogP contribution in [0, 0.1) is 17.8 Å². The molecule has 0 bridgehead atoms. The normalized spacial score (nSPS) is 10.2. The maximum atomic E-state index is 5.50. The van der Waals surface area contributed by atoms with E-state index >= 15 is 0 Å². The van der Waals surface area contributed by atoms with Crippen LogP contribution in [0.15, 0.2) is 30.3 Å². The minimum atomic E-state index is 0.711. The van der Waals surface area contributed by atoms with Gasteiger partial charge in [0.2, 0.25) is 0 Å². The zero-order chi connectivity index (χ0) is 13.1. The standard InChI is InChI=1S/C16H23NO/c1-15(2)10-13-18-14-12-17-11-6-9-16-7-4-3-5-8-16/h3-5,7-8,15,17H,10-14H2,1-2H3. The Labute approximate surface area is 111 Å². The van der Waals surface area contributed by atoms with E-state index in [-0.39, 0.29) is 0 Å². The lowest BCUT2D eigenvalue weighted by Crippen LogP contribution is -2.20. The van der Waals surface area contributed by atoms with Crippen LogP contribution in [0.1, 0.15) is 25.8 Å². The van der Waals surface area contributed by atoms with E-state index in [2.05, 4.69) is 31.0 Å². The predicted molar refractivity (Wildman–Crippen MR) is 76.5 cm³/mol. The van der Waals surface area contributed by atoms with Crippen molar-refractivity contribution < 1.29 is 4.74 Å². The van der Waals surface area contributed by atoms with Crippen molar-refractivity contribution in [2.24, 2.45) is 5.92 Å². The van der Waals surface area contributed by atoms with Crippen LogP contribution in [0.2, 0.25) is 0 Å². The molecule has 98 valence electrons. The maximum Gasteiger partial charge on any atom is 0.0591 e. The van der Waals surface area contributed by atoms with Crippen LogP contribution in [0.25, 0.3) is 0 Å². The van der Waals surface area contributed by atoms with Crippen molar-refractivity contribution in [2.75, 3.05) is 26.3 Å². The van der Waals surface area contributed by atoms with Gasteiger partial charge in [0.1, 0.15) is 0 Å². The van der Waals surface area contributed by atoms with Crippen LogP contribution >= 0.6 is 0 Å². The predicted octanol–water partition coefficient (Wildman–Crippen LogP) is 2.69. The fourth-order valence-electron chi connectivity index (χ4n) is 1.38. The van der Waals surface area contributed by atoms with Crippen LogP contribution in [0.3, 0.4) is 0 Å². The Kier molecular flexibility index (Phi) is 7.96. The molecule has 2 heteroatoms. The minimum absolute atomic E-state index is 0.711. The molecule has 0 unspecified atom stereocenters. The van der Waals surface area contributed by atoms with Crippen LogP contribution in [-0.2, 0) is 4.74 Å². The van der Waals surface area contributed by atoms with E-state index < -0.39 is 0 Å². The summed E-state index contributed by atoms with van der Waals surface area (Å²) < 4.78 is 5.50. The Morgan fingerprint density at radius 1 is 1.17 bits per heavy atom. The molecule has 1 N–H and O–H groups in total. The van der Waals surface area contributed by atoms with E-state index in [1.807, 2.05) is 30.3 Å². The largest absolute Gasteiger partial charge is 0.380 e. The first-order valence-corrected chi connectivity index (χ1v) is 6.61. The average Bonchev–Trinajstić information content (AvgIpc) is 2.37.